The van der Waals surface area contributed by atoms with Gasteiger partial charge in [0.15, 0.2) is 0 Å². The maximum absolute atomic E-state index is 11.8. The van der Waals surface area contributed by atoms with Crippen molar-refractivity contribution in [2.24, 2.45) is 5.92 Å². The highest BCUT2D eigenvalue weighted by molar-refractivity contribution is 5.85. The van der Waals surface area contributed by atoms with E-state index in [0.29, 0.717) is 18.2 Å². The Balaban J connectivity index is 0.00000208. The zero-order valence-corrected chi connectivity index (χ0v) is 14.1. The first kappa shape index (κ1) is 18.0. The fourth-order valence-corrected chi connectivity index (χ4v) is 2.19. The number of carbonyl (C=O) groups excluding carboxylic acids is 1. The third-order valence-corrected chi connectivity index (χ3v) is 3.70. The minimum absolute atomic E-state index is 0. The molecule has 2 heterocycles. The van der Waals surface area contributed by atoms with Crippen LogP contribution in [0.2, 0.25) is 0 Å². The van der Waals surface area contributed by atoms with E-state index in [4.69, 9.17) is 9.47 Å². The number of hydrogen-bond donors (Lipinski definition) is 2. The van der Waals surface area contributed by atoms with Crippen molar-refractivity contribution in [2.75, 3.05) is 20.2 Å². The second-order valence-corrected chi connectivity index (χ2v) is 5.35. The van der Waals surface area contributed by atoms with Gasteiger partial charge >= 0.3 is 0 Å². The molecule has 0 unspecified atom stereocenters. The Hall–Kier alpha value is -2.31. The molecule has 1 aromatic carbocycles. The lowest BCUT2D eigenvalue weighted by Crippen LogP contribution is -2.50. The molecule has 0 radical (unpaired) electrons. The molecule has 2 aromatic rings. The number of ether oxygens (including phenoxy) is 2. The zero-order chi connectivity index (χ0) is 16.1. The van der Waals surface area contributed by atoms with Crippen LogP contribution >= 0.6 is 12.4 Å². The summed E-state index contributed by atoms with van der Waals surface area (Å²) in [4.78, 5) is 16.0. The Morgan fingerprint density at radius 1 is 1.25 bits per heavy atom. The van der Waals surface area contributed by atoms with Crippen LogP contribution in [0.4, 0.5) is 0 Å². The number of carbonyl (C=O) groups is 1. The van der Waals surface area contributed by atoms with Crippen LogP contribution < -0.4 is 20.1 Å². The molecule has 0 aliphatic carbocycles. The van der Waals surface area contributed by atoms with Crippen LogP contribution in [0.1, 0.15) is 5.56 Å². The third-order valence-electron chi connectivity index (χ3n) is 3.70. The highest BCUT2D eigenvalue weighted by Gasteiger charge is 2.24. The molecule has 1 fully saturated rings. The predicted molar refractivity (Wildman–Crippen MR) is 92.8 cm³/mol. The van der Waals surface area contributed by atoms with Gasteiger partial charge in [0.2, 0.25) is 11.8 Å². The summed E-state index contributed by atoms with van der Waals surface area (Å²) >= 11 is 0. The van der Waals surface area contributed by atoms with Gasteiger partial charge in [-0.05, 0) is 35.9 Å². The molecular weight excluding hydrogens is 330 g/mol. The largest absolute Gasteiger partial charge is 0.497 e. The van der Waals surface area contributed by atoms with Crippen molar-refractivity contribution >= 4 is 18.3 Å². The normalized spacial score (nSPS) is 13.4. The van der Waals surface area contributed by atoms with Crippen molar-refractivity contribution in [3.63, 3.8) is 0 Å². The molecule has 0 spiro atoms. The molecule has 2 N–H and O–H groups in total. The van der Waals surface area contributed by atoms with E-state index in [1.165, 1.54) is 0 Å². The van der Waals surface area contributed by atoms with Crippen LogP contribution in [0.3, 0.4) is 0 Å². The summed E-state index contributed by atoms with van der Waals surface area (Å²) in [5.41, 5.74) is 0.948. The molecule has 128 valence electrons. The number of halogens is 1. The topological polar surface area (TPSA) is 72.5 Å². The summed E-state index contributed by atoms with van der Waals surface area (Å²) in [5, 5.41) is 6.01. The van der Waals surface area contributed by atoms with E-state index >= 15 is 0 Å². The van der Waals surface area contributed by atoms with Crippen LogP contribution in [0, 0.1) is 5.92 Å². The first-order chi connectivity index (χ1) is 11.2. The first-order valence-corrected chi connectivity index (χ1v) is 7.50. The van der Waals surface area contributed by atoms with E-state index < -0.39 is 0 Å². The van der Waals surface area contributed by atoms with Gasteiger partial charge in [0, 0.05) is 31.9 Å². The fraction of sp³-hybridized carbons (Fsp3) is 0.294. The number of nitrogens with zero attached hydrogens (tertiary/aromatic N) is 1. The Morgan fingerprint density at radius 2 is 1.96 bits per heavy atom. The summed E-state index contributed by atoms with van der Waals surface area (Å²) in [6.45, 7) is 1.98. The van der Waals surface area contributed by atoms with Crippen LogP contribution in [-0.2, 0) is 11.3 Å². The molecule has 0 bridgehead atoms. The maximum atomic E-state index is 11.8. The molecule has 1 amide bonds. The van der Waals surface area contributed by atoms with Crippen LogP contribution in [-0.4, -0.2) is 31.1 Å². The number of nitrogens with one attached hydrogen (secondary N) is 2. The second-order valence-electron chi connectivity index (χ2n) is 5.35. The van der Waals surface area contributed by atoms with Crippen molar-refractivity contribution < 1.29 is 14.3 Å². The third kappa shape index (κ3) is 4.59. The van der Waals surface area contributed by atoms with Crippen LogP contribution in [0.25, 0.3) is 0 Å². The SMILES string of the molecule is COc1ccc(Oc2cc(CNC(=O)C3CNC3)ccn2)cc1.Cl. The average Bonchev–Trinajstić information content (AvgIpc) is 2.52. The van der Waals surface area contributed by atoms with Crippen molar-refractivity contribution in [2.45, 2.75) is 6.54 Å². The van der Waals surface area contributed by atoms with Gasteiger partial charge in [0.25, 0.3) is 0 Å². The minimum Gasteiger partial charge on any atom is -0.497 e. The summed E-state index contributed by atoms with van der Waals surface area (Å²) in [7, 11) is 1.62. The van der Waals surface area contributed by atoms with Gasteiger partial charge in [-0.25, -0.2) is 4.98 Å². The molecule has 3 rings (SSSR count). The molecule has 1 aliphatic heterocycles. The van der Waals surface area contributed by atoms with Crippen LogP contribution in [0.5, 0.6) is 17.4 Å². The molecule has 6 nitrogen and oxygen atoms in total. The van der Waals surface area contributed by atoms with Crippen molar-refractivity contribution in [1.29, 1.82) is 0 Å². The smallest absolute Gasteiger partial charge is 0.225 e. The summed E-state index contributed by atoms with van der Waals surface area (Å²) in [6.07, 6.45) is 1.67. The summed E-state index contributed by atoms with van der Waals surface area (Å²) in [5.74, 6) is 2.12. The number of aromatic nitrogens is 1. The monoisotopic (exact) mass is 349 g/mol. The lowest BCUT2D eigenvalue weighted by atomic mass is 10.0. The number of benzene rings is 1. The molecule has 0 atom stereocenters. The number of rotatable bonds is 6. The van der Waals surface area contributed by atoms with Gasteiger partial charge in [-0.2, -0.15) is 0 Å². The molecular formula is C17H20ClN3O3. The van der Waals surface area contributed by atoms with Gasteiger partial charge in [-0.1, -0.05) is 0 Å². The standard InChI is InChI=1S/C17H19N3O3.ClH/c1-22-14-2-4-15(5-3-14)23-16-8-12(6-7-19-16)9-20-17(21)13-10-18-11-13;/h2-8,13,18H,9-11H2,1H3,(H,20,21);1H. The molecule has 7 heteroatoms. The Kier molecular flexibility index (Phi) is 6.40. The number of pyridine rings is 1. The van der Waals surface area contributed by atoms with E-state index in [9.17, 15) is 4.79 Å². The molecule has 0 saturated carbocycles. The second kappa shape index (κ2) is 8.52. The van der Waals surface area contributed by atoms with Crippen molar-refractivity contribution in [1.82, 2.24) is 15.6 Å². The maximum Gasteiger partial charge on any atom is 0.225 e. The van der Waals surface area contributed by atoms with E-state index in [0.717, 1.165) is 24.4 Å². The van der Waals surface area contributed by atoms with Crippen molar-refractivity contribution in [3.8, 4) is 17.4 Å². The Labute approximate surface area is 147 Å². The Morgan fingerprint density at radius 3 is 2.58 bits per heavy atom. The molecule has 1 aromatic heterocycles. The highest BCUT2D eigenvalue weighted by atomic mass is 35.5. The van der Waals surface area contributed by atoms with E-state index in [1.54, 1.807) is 13.3 Å². The number of hydrogen-bond acceptors (Lipinski definition) is 5. The first-order valence-electron chi connectivity index (χ1n) is 7.50. The van der Waals surface area contributed by atoms with Gasteiger partial charge in [-0.3, -0.25) is 4.79 Å². The predicted octanol–water partition coefficient (Wildman–Crippen LogP) is 2.14. The van der Waals surface area contributed by atoms with E-state index in [2.05, 4.69) is 15.6 Å². The number of methoxy groups -OCH3 is 1. The molecule has 1 aliphatic rings. The van der Waals surface area contributed by atoms with Crippen molar-refractivity contribution in [3.05, 3.63) is 48.2 Å². The molecule has 1 saturated heterocycles. The quantitative estimate of drug-likeness (QED) is 0.836. The summed E-state index contributed by atoms with van der Waals surface area (Å²) in [6, 6.07) is 11.0. The minimum atomic E-state index is 0. The number of amides is 1. The van der Waals surface area contributed by atoms with Crippen LogP contribution in [0.15, 0.2) is 42.6 Å². The summed E-state index contributed by atoms with van der Waals surface area (Å²) < 4.78 is 10.8. The van der Waals surface area contributed by atoms with Gasteiger partial charge < -0.3 is 20.1 Å². The average molecular weight is 350 g/mol. The van der Waals surface area contributed by atoms with Gasteiger partial charge in [0.1, 0.15) is 11.5 Å². The van der Waals surface area contributed by atoms with Gasteiger partial charge in [0.05, 0.1) is 13.0 Å². The Bertz CT molecular complexity index is 675. The van der Waals surface area contributed by atoms with Gasteiger partial charge in [-0.15, -0.1) is 12.4 Å². The van der Waals surface area contributed by atoms with E-state index in [1.807, 2.05) is 36.4 Å². The van der Waals surface area contributed by atoms with E-state index in [-0.39, 0.29) is 24.2 Å². The highest BCUT2D eigenvalue weighted by Crippen LogP contribution is 2.22. The lowest BCUT2D eigenvalue weighted by Gasteiger charge is -2.25. The fourth-order valence-electron chi connectivity index (χ4n) is 2.19. The molecule has 24 heavy (non-hydrogen) atoms. The lowest BCUT2D eigenvalue weighted by molar-refractivity contribution is -0.126. The zero-order valence-electron chi connectivity index (χ0n) is 13.3.